The van der Waals surface area contributed by atoms with Gasteiger partial charge in [0.05, 0.1) is 16.7 Å². The predicted octanol–water partition coefficient (Wildman–Crippen LogP) is 11.9. The van der Waals surface area contributed by atoms with Crippen LogP contribution in [0.2, 0.25) is 0 Å². The highest BCUT2D eigenvalue weighted by Crippen LogP contribution is 2.48. The zero-order valence-corrected chi connectivity index (χ0v) is 27.5. The number of hydrogen-bond donors (Lipinski definition) is 0. The summed E-state index contributed by atoms with van der Waals surface area (Å²) in [5, 5.41) is 7.32. The van der Waals surface area contributed by atoms with E-state index in [1.807, 2.05) is 18.2 Å². The Morgan fingerprint density at radius 3 is 1.78 bits per heavy atom. The molecule has 2 aromatic heterocycles. The van der Waals surface area contributed by atoms with Crippen molar-refractivity contribution in [1.29, 1.82) is 0 Å². The zero-order chi connectivity index (χ0) is 33.5. The molecule has 0 unspecified atom stereocenters. The van der Waals surface area contributed by atoms with Gasteiger partial charge in [0.15, 0.2) is 17.5 Å². The summed E-state index contributed by atoms with van der Waals surface area (Å²) < 4.78 is 2.37. The molecule has 2 heterocycles. The van der Waals surface area contributed by atoms with Gasteiger partial charge in [-0.15, -0.1) is 0 Å². The number of para-hydroxylation sites is 2. The smallest absolute Gasteiger partial charge is 0.166 e. The van der Waals surface area contributed by atoms with E-state index in [1.165, 1.54) is 54.6 Å². The first-order valence-corrected chi connectivity index (χ1v) is 17.3. The van der Waals surface area contributed by atoms with Crippen molar-refractivity contribution in [1.82, 2.24) is 19.5 Å². The fraction of sp³-hybridized carbons (Fsp3) is 0. The number of fused-ring (bicyclic) bond motifs is 7. The minimum atomic E-state index is 0.631. The molecule has 0 N–H and O–H groups in total. The third-order valence-corrected chi connectivity index (χ3v) is 10.3. The zero-order valence-electron chi connectivity index (χ0n) is 27.5. The molecule has 0 saturated heterocycles. The maximum atomic E-state index is 5.30. The molecule has 0 saturated carbocycles. The van der Waals surface area contributed by atoms with Crippen LogP contribution in [0, 0.1) is 0 Å². The molecule has 8 aromatic carbocycles. The molecule has 236 valence electrons. The summed E-state index contributed by atoms with van der Waals surface area (Å²) in [7, 11) is 0. The fourth-order valence-electron chi connectivity index (χ4n) is 8.06. The lowest BCUT2D eigenvalue weighted by molar-refractivity contribution is 1.06. The first-order valence-electron chi connectivity index (χ1n) is 17.3. The Kier molecular flexibility index (Phi) is 5.92. The van der Waals surface area contributed by atoms with E-state index in [9.17, 15) is 0 Å². The maximum Gasteiger partial charge on any atom is 0.166 e. The van der Waals surface area contributed by atoms with Gasteiger partial charge in [-0.05, 0) is 86.3 Å². The molecular weight excluding hydrogens is 621 g/mol. The van der Waals surface area contributed by atoms with Crippen LogP contribution >= 0.6 is 0 Å². The Balaban J connectivity index is 1.18. The molecule has 10 aromatic rings. The quantitative estimate of drug-likeness (QED) is 0.191. The highest BCUT2D eigenvalue weighted by Gasteiger charge is 2.24. The topological polar surface area (TPSA) is 43.6 Å². The highest BCUT2D eigenvalue weighted by atomic mass is 15.1. The standard InChI is InChI=1S/C47H28N4/c1-2-13-29(14-3-1)45-48-46(33-25-32-17-12-22-37-34-18-6-7-19-35(34)40(27-33)44(32)37)50-47(49-45)38-21-9-11-24-42(38)51-41-23-10-8-20-36(41)39-26-30-15-4-5-16-31(30)28-43(39)51/h1-28H. The second kappa shape index (κ2) is 10.8. The molecular formula is C47H28N4. The van der Waals surface area contributed by atoms with Gasteiger partial charge in [-0.3, -0.25) is 0 Å². The SMILES string of the molecule is c1ccc(-c2nc(-c3cc4c5c(cccc5c3)-c3ccccc3-4)nc(-c3ccccc3-n3c4ccccc4c4cc5ccccc5cc43)n2)cc1. The molecule has 0 aliphatic heterocycles. The Bertz CT molecular complexity index is 3030. The van der Waals surface area contributed by atoms with Crippen molar-refractivity contribution in [2.45, 2.75) is 0 Å². The average Bonchev–Trinajstić information content (AvgIpc) is 3.70. The van der Waals surface area contributed by atoms with E-state index in [2.05, 4.69) is 156 Å². The largest absolute Gasteiger partial charge is 0.308 e. The van der Waals surface area contributed by atoms with Gasteiger partial charge in [0.25, 0.3) is 0 Å². The van der Waals surface area contributed by atoms with Crippen molar-refractivity contribution in [2.24, 2.45) is 0 Å². The van der Waals surface area contributed by atoms with Crippen LogP contribution in [0.3, 0.4) is 0 Å². The Morgan fingerprint density at radius 1 is 0.333 bits per heavy atom. The van der Waals surface area contributed by atoms with Crippen LogP contribution in [-0.2, 0) is 0 Å². The third-order valence-electron chi connectivity index (χ3n) is 10.3. The van der Waals surface area contributed by atoms with Crippen LogP contribution in [0.25, 0.3) is 105 Å². The molecule has 0 amide bonds. The second-order valence-corrected chi connectivity index (χ2v) is 13.2. The Morgan fingerprint density at radius 2 is 0.941 bits per heavy atom. The van der Waals surface area contributed by atoms with E-state index in [0.717, 1.165) is 33.4 Å². The summed E-state index contributed by atoms with van der Waals surface area (Å²) in [4.78, 5) is 15.6. The Labute approximate surface area is 294 Å². The molecule has 0 fully saturated rings. The van der Waals surface area contributed by atoms with Gasteiger partial charge in [0, 0.05) is 27.5 Å². The molecule has 1 aliphatic carbocycles. The number of benzene rings is 8. The van der Waals surface area contributed by atoms with Gasteiger partial charge in [-0.1, -0.05) is 127 Å². The van der Waals surface area contributed by atoms with E-state index in [-0.39, 0.29) is 0 Å². The summed E-state index contributed by atoms with van der Waals surface area (Å²) in [6.45, 7) is 0. The summed E-state index contributed by atoms with van der Waals surface area (Å²) in [5.74, 6) is 1.92. The third kappa shape index (κ3) is 4.23. The molecule has 0 spiro atoms. The summed E-state index contributed by atoms with van der Waals surface area (Å²) in [6, 6.07) is 60.3. The van der Waals surface area contributed by atoms with Gasteiger partial charge in [0.1, 0.15) is 0 Å². The number of rotatable bonds is 4. The van der Waals surface area contributed by atoms with Crippen LogP contribution in [0.4, 0.5) is 0 Å². The number of aromatic nitrogens is 4. The van der Waals surface area contributed by atoms with E-state index in [0.29, 0.717) is 17.5 Å². The minimum Gasteiger partial charge on any atom is -0.308 e. The molecule has 1 aliphatic rings. The molecule has 0 atom stereocenters. The van der Waals surface area contributed by atoms with Crippen molar-refractivity contribution >= 4 is 43.4 Å². The van der Waals surface area contributed by atoms with Crippen LogP contribution in [-0.4, -0.2) is 19.5 Å². The first-order chi connectivity index (χ1) is 25.3. The normalized spacial score (nSPS) is 11.9. The van der Waals surface area contributed by atoms with Crippen molar-refractivity contribution < 1.29 is 0 Å². The monoisotopic (exact) mass is 648 g/mol. The van der Waals surface area contributed by atoms with Gasteiger partial charge in [-0.25, -0.2) is 15.0 Å². The van der Waals surface area contributed by atoms with E-state index >= 15 is 0 Å². The van der Waals surface area contributed by atoms with Crippen molar-refractivity contribution in [3.8, 4) is 62.1 Å². The van der Waals surface area contributed by atoms with Gasteiger partial charge < -0.3 is 4.57 Å². The van der Waals surface area contributed by atoms with E-state index in [1.54, 1.807) is 0 Å². The van der Waals surface area contributed by atoms with Crippen molar-refractivity contribution in [2.75, 3.05) is 0 Å². The lowest BCUT2D eigenvalue weighted by Crippen LogP contribution is -2.03. The van der Waals surface area contributed by atoms with E-state index < -0.39 is 0 Å². The molecule has 51 heavy (non-hydrogen) atoms. The summed E-state index contributed by atoms with van der Waals surface area (Å²) in [5.41, 5.74) is 11.2. The van der Waals surface area contributed by atoms with Crippen LogP contribution < -0.4 is 0 Å². The molecule has 0 radical (unpaired) electrons. The van der Waals surface area contributed by atoms with E-state index in [4.69, 9.17) is 15.0 Å². The van der Waals surface area contributed by atoms with Crippen LogP contribution in [0.1, 0.15) is 0 Å². The van der Waals surface area contributed by atoms with Gasteiger partial charge >= 0.3 is 0 Å². The molecule has 11 rings (SSSR count). The van der Waals surface area contributed by atoms with Crippen LogP contribution in [0.5, 0.6) is 0 Å². The summed E-state index contributed by atoms with van der Waals surface area (Å²) >= 11 is 0. The number of nitrogens with zero attached hydrogens (tertiary/aromatic N) is 4. The average molecular weight is 649 g/mol. The van der Waals surface area contributed by atoms with Crippen LogP contribution in [0.15, 0.2) is 170 Å². The molecule has 0 bridgehead atoms. The predicted molar refractivity (Wildman–Crippen MR) is 210 cm³/mol. The van der Waals surface area contributed by atoms with Crippen molar-refractivity contribution in [3.63, 3.8) is 0 Å². The lowest BCUT2D eigenvalue weighted by Gasteiger charge is -2.15. The number of hydrogen-bond acceptors (Lipinski definition) is 3. The van der Waals surface area contributed by atoms with Crippen molar-refractivity contribution in [3.05, 3.63) is 170 Å². The fourth-order valence-corrected chi connectivity index (χ4v) is 8.06. The maximum absolute atomic E-state index is 5.30. The second-order valence-electron chi connectivity index (χ2n) is 13.2. The Hall–Kier alpha value is -6.91. The minimum absolute atomic E-state index is 0.631. The molecule has 4 nitrogen and oxygen atoms in total. The lowest BCUT2D eigenvalue weighted by atomic mass is 9.99. The first kappa shape index (κ1) is 28.0. The van der Waals surface area contributed by atoms with Gasteiger partial charge in [0.2, 0.25) is 0 Å². The highest BCUT2D eigenvalue weighted by molar-refractivity contribution is 6.16. The van der Waals surface area contributed by atoms with Gasteiger partial charge in [-0.2, -0.15) is 0 Å². The molecule has 4 heteroatoms. The summed E-state index contributed by atoms with van der Waals surface area (Å²) in [6.07, 6.45) is 0.